The number of thioether (sulfide) groups is 1. The van der Waals surface area contributed by atoms with Crippen molar-refractivity contribution in [2.24, 2.45) is 0 Å². The summed E-state index contributed by atoms with van der Waals surface area (Å²) in [7, 11) is 0. The summed E-state index contributed by atoms with van der Waals surface area (Å²) in [6.07, 6.45) is 0. The molecule has 0 radical (unpaired) electrons. The van der Waals surface area contributed by atoms with Gasteiger partial charge in [0.05, 0.1) is 11.6 Å². The first-order valence-corrected chi connectivity index (χ1v) is 7.55. The van der Waals surface area contributed by atoms with E-state index in [2.05, 4.69) is 36.4 Å². The van der Waals surface area contributed by atoms with Crippen LogP contribution in [0.4, 0.5) is 4.39 Å². The van der Waals surface area contributed by atoms with Crippen LogP contribution in [0.2, 0.25) is 0 Å². The molecule has 0 fully saturated rings. The van der Waals surface area contributed by atoms with E-state index in [0.29, 0.717) is 11.3 Å². The van der Waals surface area contributed by atoms with Crippen molar-refractivity contribution in [3.8, 4) is 6.07 Å². The molecule has 3 rings (SSSR count). The van der Waals surface area contributed by atoms with Gasteiger partial charge in [0.15, 0.2) is 0 Å². The minimum atomic E-state index is -0.303. The maximum atomic E-state index is 13.3. The van der Waals surface area contributed by atoms with Crippen LogP contribution in [0, 0.1) is 17.1 Å². The van der Waals surface area contributed by atoms with E-state index in [1.165, 1.54) is 29.0 Å². The zero-order valence-corrected chi connectivity index (χ0v) is 12.0. The topological polar surface area (TPSA) is 23.8 Å². The van der Waals surface area contributed by atoms with Crippen molar-refractivity contribution in [3.63, 3.8) is 0 Å². The number of hydrogen-bond donors (Lipinski definition) is 0. The molecule has 3 aromatic carbocycles. The number of rotatable bonds is 3. The van der Waals surface area contributed by atoms with Crippen molar-refractivity contribution in [1.29, 1.82) is 5.26 Å². The Hall–Kier alpha value is -2.31. The van der Waals surface area contributed by atoms with Gasteiger partial charge < -0.3 is 0 Å². The highest BCUT2D eigenvalue weighted by Gasteiger charge is 2.05. The molecular weight excluding hydrogens is 281 g/mol. The van der Waals surface area contributed by atoms with Crippen LogP contribution in [-0.4, -0.2) is 0 Å². The first-order valence-electron chi connectivity index (χ1n) is 6.56. The van der Waals surface area contributed by atoms with Gasteiger partial charge in [-0.3, -0.25) is 0 Å². The molecular formula is C18H12FNS. The van der Waals surface area contributed by atoms with E-state index >= 15 is 0 Å². The molecule has 0 aliphatic carbocycles. The van der Waals surface area contributed by atoms with Gasteiger partial charge >= 0.3 is 0 Å². The Labute approximate surface area is 127 Å². The Balaban J connectivity index is 1.83. The lowest BCUT2D eigenvalue weighted by atomic mass is 10.1. The molecule has 0 unspecified atom stereocenters. The van der Waals surface area contributed by atoms with Crippen LogP contribution in [-0.2, 0) is 5.75 Å². The molecule has 1 nitrogen and oxygen atoms in total. The van der Waals surface area contributed by atoms with Gasteiger partial charge in [-0.15, -0.1) is 11.8 Å². The summed E-state index contributed by atoms with van der Waals surface area (Å²) in [5.41, 5.74) is 1.26. The number of hydrogen-bond acceptors (Lipinski definition) is 2. The van der Waals surface area contributed by atoms with Gasteiger partial charge in [0.1, 0.15) is 5.82 Å². The van der Waals surface area contributed by atoms with E-state index < -0.39 is 0 Å². The van der Waals surface area contributed by atoms with Crippen molar-refractivity contribution >= 4 is 22.5 Å². The molecule has 0 spiro atoms. The largest absolute Gasteiger partial charge is 0.207 e. The number of benzene rings is 3. The van der Waals surface area contributed by atoms with Crippen LogP contribution < -0.4 is 0 Å². The lowest BCUT2D eigenvalue weighted by molar-refractivity contribution is 0.626. The average molecular weight is 293 g/mol. The molecule has 0 aliphatic heterocycles. The smallest absolute Gasteiger partial charge is 0.123 e. The van der Waals surface area contributed by atoms with Crippen LogP contribution in [0.5, 0.6) is 0 Å². The Bertz CT molecular complexity index is 836. The second kappa shape index (κ2) is 5.99. The van der Waals surface area contributed by atoms with Crippen LogP contribution in [0.15, 0.2) is 65.6 Å². The minimum Gasteiger partial charge on any atom is -0.207 e. The molecule has 0 saturated carbocycles. The van der Waals surface area contributed by atoms with E-state index in [-0.39, 0.29) is 5.82 Å². The molecule has 0 aromatic heterocycles. The molecule has 0 saturated heterocycles. The summed E-state index contributed by atoms with van der Waals surface area (Å²) >= 11 is 1.61. The summed E-state index contributed by atoms with van der Waals surface area (Å²) in [5.74, 6) is 0.280. The van der Waals surface area contributed by atoms with Gasteiger partial charge in [0.25, 0.3) is 0 Å². The van der Waals surface area contributed by atoms with Crippen molar-refractivity contribution < 1.29 is 4.39 Å². The second-order valence-electron chi connectivity index (χ2n) is 4.71. The van der Waals surface area contributed by atoms with Crippen LogP contribution >= 0.6 is 11.8 Å². The van der Waals surface area contributed by atoms with Crippen LogP contribution in [0.3, 0.4) is 0 Å². The zero-order chi connectivity index (χ0) is 14.7. The average Bonchev–Trinajstić information content (AvgIpc) is 2.53. The fraction of sp³-hybridized carbons (Fsp3) is 0.0556. The van der Waals surface area contributed by atoms with E-state index in [4.69, 9.17) is 5.26 Å². The standard InChI is InChI=1S/C18H12FNS/c19-17-7-5-15(11-20)16(9-17)12-21-18-8-6-13-3-1-2-4-14(13)10-18/h1-10H,12H2. The molecule has 0 atom stereocenters. The van der Waals surface area contributed by atoms with Gasteiger partial charge in [-0.25, -0.2) is 4.39 Å². The van der Waals surface area contributed by atoms with Crippen LogP contribution in [0.1, 0.15) is 11.1 Å². The van der Waals surface area contributed by atoms with E-state index in [1.54, 1.807) is 11.8 Å². The predicted molar refractivity (Wildman–Crippen MR) is 84.6 cm³/mol. The van der Waals surface area contributed by atoms with Gasteiger partial charge in [-0.05, 0) is 46.7 Å². The highest BCUT2D eigenvalue weighted by Crippen LogP contribution is 2.27. The molecule has 0 N–H and O–H groups in total. The summed E-state index contributed by atoms with van der Waals surface area (Å²) in [4.78, 5) is 1.11. The highest BCUT2D eigenvalue weighted by molar-refractivity contribution is 7.98. The lowest BCUT2D eigenvalue weighted by Gasteiger charge is -2.06. The Morgan fingerprint density at radius 2 is 1.76 bits per heavy atom. The van der Waals surface area contributed by atoms with E-state index in [0.717, 1.165) is 10.5 Å². The zero-order valence-electron chi connectivity index (χ0n) is 11.2. The second-order valence-corrected chi connectivity index (χ2v) is 5.76. The maximum Gasteiger partial charge on any atom is 0.123 e. The SMILES string of the molecule is N#Cc1ccc(F)cc1CSc1ccc2ccccc2c1. The first-order chi connectivity index (χ1) is 10.3. The van der Waals surface area contributed by atoms with Gasteiger partial charge in [0.2, 0.25) is 0 Å². The summed E-state index contributed by atoms with van der Waals surface area (Å²) in [6, 6.07) is 20.8. The van der Waals surface area contributed by atoms with Crippen molar-refractivity contribution in [2.75, 3.05) is 0 Å². The van der Waals surface area contributed by atoms with Crippen molar-refractivity contribution in [1.82, 2.24) is 0 Å². The fourth-order valence-corrected chi connectivity index (χ4v) is 3.14. The predicted octanol–water partition coefficient (Wildman–Crippen LogP) is 5.14. The van der Waals surface area contributed by atoms with E-state index in [1.807, 2.05) is 12.1 Å². The number of nitrogens with zero attached hydrogens (tertiary/aromatic N) is 1. The first kappa shape index (κ1) is 13.7. The molecule has 0 aliphatic rings. The number of halogens is 1. The van der Waals surface area contributed by atoms with E-state index in [9.17, 15) is 4.39 Å². The number of nitriles is 1. The van der Waals surface area contributed by atoms with Gasteiger partial charge in [0, 0.05) is 10.6 Å². The van der Waals surface area contributed by atoms with Gasteiger partial charge in [-0.2, -0.15) is 5.26 Å². The molecule has 102 valence electrons. The summed E-state index contributed by atoms with van der Waals surface area (Å²) < 4.78 is 13.3. The Morgan fingerprint density at radius 1 is 0.952 bits per heavy atom. The third-order valence-corrected chi connectivity index (χ3v) is 4.35. The third kappa shape index (κ3) is 3.07. The monoisotopic (exact) mass is 293 g/mol. The molecule has 0 heterocycles. The fourth-order valence-electron chi connectivity index (χ4n) is 2.21. The van der Waals surface area contributed by atoms with Crippen LogP contribution in [0.25, 0.3) is 10.8 Å². The molecule has 0 bridgehead atoms. The lowest BCUT2D eigenvalue weighted by Crippen LogP contribution is -1.89. The van der Waals surface area contributed by atoms with Crippen molar-refractivity contribution in [2.45, 2.75) is 10.6 Å². The minimum absolute atomic E-state index is 0.303. The molecule has 3 aromatic rings. The Kier molecular flexibility index (Phi) is 3.89. The molecule has 21 heavy (non-hydrogen) atoms. The molecule has 0 amide bonds. The summed E-state index contributed by atoms with van der Waals surface area (Å²) in [5, 5.41) is 11.4. The van der Waals surface area contributed by atoms with Crippen molar-refractivity contribution in [3.05, 3.63) is 77.6 Å². The Morgan fingerprint density at radius 3 is 2.57 bits per heavy atom. The number of fused-ring (bicyclic) bond motifs is 1. The third-order valence-electron chi connectivity index (χ3n) is 3.30. The highest BCUT2D eigenvalue weighted by atomic mass is 32.2. The maximum absolute atomic E-state index is 13.3. The van der Waals surface area contributed by atoms with Gasteiger partial charge in [-0.1, -0.05) is 30.3 Å². The quantitative estimate of drug-likeness (QED) is 0.624. The molecule has 3 heteroatoms. The summed E-state index contributed by atoms with van der Waals surface area (Å²) in [6.45, 7) is 0. The normalized spacial score (nSPS) is 10.5.